The molecule has 0 spiro atoms. The van der Waals surface area contributed by atoms with Crippen LogP contribution in [0.15, 0.2) is 18.2 Å². The summed E-state index contributed by atoms with van der Waals surface area (Å²) < 4.78 is 0. The van der Waals surface area contributed by atoms with Crippen molar-refractivity contribution in [3.05, 3.63) is 28.2 Å². The van der Waals surface area contributed by atoms with Gasteiger partial charge < -0.3 is 10.4 Å². The fraction of sp³-hybridized carbons (Fsp3) is 0.462. The molecule has 2 N–H and O–H groups in total. The first-order valence-corrected chi connectivity index (χ1v) is 6.75. The zero-order chi connectivity index (χ0) is 13.1. The first kappa shape index (κ1) is 13.5. The molecule has 0 radical (unpaired) electrons. The molecular weight excluding hydrogens is 273 g/mol. The van der Waals surface area contributed by atoms with Crippen LogP contribution in [0.1, 0.15) is 25.7 Å². The molecule has 0 atom stereocenters. The summed E-state index contributed by atoms with van der Waals surface area (Å²) in [6.07, 6.45) is 3.17. The number of hydrogen-bond donors (Lipinski definition) is 2. The van der Waals surface area contributed by atoms with E-state index in [0.29, 0.717) is 16.1 Å². The lowest BCUT2D eigenvalue weighted by Crippen LogP contribution is -2.29. The third kappa shape index (κ3) is 3.53. The predicted octanol–water partition coefficient (Wildman–Crippen LogP) is 4.05. The number of carboxylic acid groups (broad SMARTS) is 1. The van der Waals surface area contributed by atoms with E-state index in [0.717, 1.165) is 31.4 Å². The van der Waals surface area contributed by atoms with Gasteiger partial charge in [-0.25, -0.2) is 0 Å². The molecule has 0 bridgehead atoms. The molecule has 5 heteroatoms. The lowest BCUT2D eigenvalue weighted by atomic mass is 9.86. The summed E-state index contributed by atoms with van der Waals surface area (Å²) >= 11 is 11.9. The highest BCUT2D eigenvalue weighted by Gasteiger charge is 2.25. The third-order valence-corrected chi connectivity index (χ3v) is 3.75. The third-order valence-electron chi connectivity index (χ3n) is 3.31. The van der Waals surface area contributed by atoms with Crippen molar-refractivity contribution in [3.63, 3.8) is 0 Å². The first-order valence-electron chi connectivity index (χ1n) is 6.00. The van der Waals surface area contributed by atoms with Gasteiger partial charge in [-0.1, -0.05) is 23.2 Å². The zero-order valence-electron chi connectivity index (χ0n) is 9.83. The summed E-state index contributed by atoms with van der Waals surface area (Å²) in [7, 11) is 0. The second-order valence-electron chi connectivity index (χ2n) is 4.69. The number of halogens is 2. The minimum absolute atomic E-state index is 0.189. The average molecular weight is 288 g/mol. The number of rotatable bonds is 3. The van der Waals surface area contributed by atoms with E-state index >= 15 is 0 Å². The van der Waals surface area contributed by atoms with Crippen molar-refractivity contribution >= 4 is 34.9 Å². The predicted molar refractivity (Wildman–Crippen MR) is 73.5 cm³/mol. The van der Waals surface area contributed by atoms with E-state index in [9.17, 15) is 4.79 Å². The highest BCUT2D eigenvalue weighted by Crippen LogP contribution is 2.29. The van der Waals surface area contributed by atoms with Crippen LogP contribution >= 0.6 is 23.2 Å². The number of carboxylic acids is 1. The summed E-state index contributed by atoms with van der Waals surface area (Å²) in [5, 5.41) is 13.5. The maximum absolute atomic E-state index is 10.9. The zero-order valence-corrected chi connectivity index (χ0v) is 11.3. The van der Waals surface area contributed by atoms with Gasteiger partial charge in [0, 0.05) is 21.8 Å². The molecule has 0 aromatic heterocycles. The van der Waals surface area contributed by atoms with Crippen molar-refractivity contribution in [1.29, 1.82) is 0 Å². The molecule has 1 saturated carbocycles. The largest absolute Gasteiger partial charge is 0.481 e. The van der Waals surface area contributed by atoms with E-state index in [1.807, 2.05) is 12.1 Å². The van der Waals surface area contributed by atoms with E-state index in [1.165, 1.54) is 0 Å². The molecule has 2 rings (SSSR count). The van der Waals surface area contributed by atoms with E-state index in [-0.39, 0.29) is 5.92 Å². The lowest BCUT2D eigenvalue weighted by molar-refractivity contribution is -0.142. The molecule has 3 nitrogen and oxygen atoms in total. The van der Waals surface area contributed by atoms with Crippen LogP contribution in [-0.2, 0) is 4.79 Å². The van der Waals surface area contributed by atoms with Gasteiger partial charge in [-0.3, -0.25) is 4.79 Å². The smallest absolute Gasteiger partial charge is 0.306 e. The van der Waals surface area contributed by atoms with E-state index in [2.05, 4.69) is 5.32 Å². The SMILES string of the molecule is O=C(O)C1CCC(Nc2cc(Cl)cc(Cl)c2)CC1. The number of anilines is 1. The Labute approximate surface area is 116 Å². The molecule has 0 saturated heterocycles. The van der Waals surface area contributed by atoms with Gasteiger partial charge in [-0.2, -0.15) is 0 Å². The maximum atomic E-state index is 10.9. The highest BCUT2D eigenvalue weighted by atomic mass is 35.5. The second kappa shape index (κ2) is 5.81. The Morgan fingerprint density at radius 2 is 1.67 bits per heavy atom. The average Bonchev–Trinajstić information content (AvgIpc) is 2.28. The van der Waals surface area contributed by atoms with Crippen molar-refractivity contribution in [2.24, 2.45) is 5.92 Å². The summed E-state index contributed by atoms with van der Waals surface area (Å²) in [5.74, 6) is -0.870. The summed E-state index contributed by atoms with van der Waals surface area (Å²) in [6, 6.07) is 5.65. The standard InChI is InChI=1S/C13H15Cl2NO2/c14-9-5-10(15)7-12(6-9)16-11-3-1-8(2-4-11)13(17)18/h5-8,11,16H,1-4H2,(H,17,18). The quantitative estimate of drug-likeness (QED) is 0.882. The molecule has 1 aromatic rings. The molecule has 1 aromatic carbocycles. The molecule has 0 aliphatic heterocycles. The molecule has 0 unspecified atom stereocenters. The van der Waals surface area contributed by atoms with Gasteiger partial charge in [0.05, 0.1) is 5.92 Å². The Morgan fingerprint density at radius 1 is 1.11 bits per heavy atom. The van der Waals surface area contributed by atoms with Gasteiger partial charge in [-0.15, -0.1) is 0 Å². The molecule has 0 amide bonds. The van der Waals surface area contributed by atoms with Crippen molar-refractivity contribution in [1.82, 2.24) is 0 Å². The van der Waals surface area contributed by atoms with Crippen LogP contribution < -0.4 is 5.32 Å². The fourth-order valence-corrected chi connectivity index (χ4v) is 2.88. The van der Waals surface area contributed by atoms with Crippen LogP contribution in [0.3, 0.4) is 0 Å². The number of benzene rings is 1. The van der Waals surface area contributed by atoms with Gasteiger partial charge in [0.2, 0.25) is 0 Å². The van der Waals surface area contributed by atoms with Crippen LogP contribution in [0.4, 0.5) is 5.69 Å². The number of carbonyl (C=O) groups is 1. The molecule has 98 valence electrons. The van der Waals surface area contributed by atoms with Crippen LogP contribution in [0.25, 0.3) is 0 Å². The molecule has 1 aliphatic carbocycles. The molecule has 1 aliphatic rings. The number of nitrogens with one attached hydrogen (secondary N) is 1. The van der Waals surface area contributed by atoms with Crippen molar-refractivity contribution in [3.8, 4) is 0 Å². The maximum Gasteiger partial charge on any atom is 0.306 e. The van der Waals surface area contributed by atoms with E-state index < -0.39 is 5.97 Å². The molecule has 18 heavy (non-hydrogen) atoms. The van der Waals surface area contributed by atoms with Crippen LogP contribution in [0, 0.1) is 5.92 Å². The van der Waals surface area contributed by atoms with Gasteiger partial charge >= 0.3 is 5.97 Å². The normalized spacial score (nSPS) is 23.7. The first-order chi connectivity index (χ1) is 8.54. The Kier molecular flexibility index (Phi) is 4.36. The van der Waals surface area contributed by atoms with E-state index in [1.54, 1.807) is 6.07 Å². The molecule has 0 heterocycles. The monoisotopic (exact) mass is 287 g/mol. The lowest BCUT2D eigenvalue weighted by Gasteiger charge is -2.27. The Morgan fingerprint density at radius 3 is 2.17 bits per heavy atom. The summed E-state index contributed by atoms with van der Waals surface area (Å²) in [5.41, 5.74) is 0.895. The minimum atomic E-state index is -0.681. The molecular formula is C13H15Cl2NO2. The van der Waals surface area contributed by atoms with Crippen LogP contribution in [-0.4, -0.2) is 17.1 Å². The summed E-state index contributed by atoms with van der Waals surface area (Å²) in [6.45, 7) is 0. The van der Waals surface area contributed by atoms with Crippen LogP contribution in [0.2, 0.25) is 10.0 Å². The van der Waals surface area contributed by atoms with Crippen molar-refractivity contribution < 1.29 is 9.90 Å². The summed E-state index contributed by atoms with van der Waals surface area (Å²) in [4.78, 5) is 10.9. The Bertz CT molecular complexity index is 422. The van der Waals surface area contributed by atoms with Crippen LogP contribution in [0.5, 0.6) is 0 Å². The van der Waals surface area contributed by atoms with Gasteiger partial charge in [0.25, 0.3) is 0 Å². The second-order valence-corrected chi connectivity index (χ2v) is 5.56. The van der Waals surface area contributed by atoms with Crippen molar-refractivity contribution in [2.45, 2.75) is 31.7 Å². The minimum Gasteiger partial charge on any atom is -0.481 e. The Hall–Kier alpha value is -0.930. The topological polar surface area (TPSA) is 49.3 Å². The van der Waals surface area contributed by atoms with Gasteiger partial charge in [-0.05, 0) is 43.9 Å². The van der Waals surface area contributed by atoms with Crippen molar-refractivity contribution in [2.75, 3.05) is 5.32 Å². The molecule has 1 fully saturated rings. The van der Waals surface area contributed by atoms with Gasteiger partial charge in [0.15, 0.2) is 0 Å². The highest BCUT2D eigenvalue weighted by molar-refractivity contribution is 6.35. The van der Waals surface area contributed by atoms with Gasteiger partial charge in [0.1, 0.15) is 0 Å². The fourth-order valence-electron chi connectivity index (χ4n) is 2.36. The van der Waals surface area contributed by atoms with E-state index in [4.69, 9.17) is 28.3 Å². The Balaban J connectivity index is 1.93. The number of hydrogen-bond acceptors (Lipinski definition) is 2. The number of aliphatic carboxylic acids is 1.